The summed E-state index contributed by atoms with van der Waals surface area (Å²) in [6.45, 7) is 1.58. The number of hydrogen-bond acceptors (Lipinski definition) is 11. The molecule has 0 aromatic heterocycles. The van der Waals surface area contributed by atoms with Crippen LogP contribution < -0.4 is 11.1 Å². The molecule has 3 aromatic carbocycles. The third kappa shape index (κ3) is 4.50. The van der Waals surface area contributed by atoms with Crippen molar-refractivity contribution in [2.45, 2.75) is 36.5 Å². The summed E-state index contributed by atoms with van der Waals surface area (Å²) >= 11 is 0. The molecule has 6 N–H and O–H groups in total. The third-order valence-corrected chi connectivity index (χ3v) is 11.1. The molecule has 0 bridgehead atoms. The second kappa shape index (κ2) is 11.7. The van der Waals surface area contributed by atoms with E-state index in [2.05, 4.69) is 5.32 Å². The van der Waals surface area contributed by atoms with Gasteiger partial charge in [-0.25, -0.2) is 4.79 Å². The van der Waals surface area contributed by atoms with Gasteiger partial charge in [-0.3, -0.25) is 34.2 Å². The number of ketones is 4. The van der Waals surface area contributed by atoms with Crippen LogP contribution in [0.5, 0.6) is 5.75 Å². The van der Waals surface area contributed by atoms with E-state index < -0.39 is 88.2 Å². The Morgan fingerprint density at radius 1 is 0.920 bits per heavy atom. The lowest BCUT2D eigenvalue weighted by molar-refractivity contribution is -0.196. The maximum Gasteiger partial charge on any atom is 0.411 e. The molecule has 2 fully saturated rings. The van der Waals surface area contributed by atoms with Gasteiger partial charge in [0.1, 0.15) is 12.4 Å². The van der Waals surface area contributed by atoms with E-state index >= 15 is 0 Å². The van der Waals surface area contributed by atoms with E-state index in [1.165, 1.54) is 31.1 Å². The minimum absolute atomic E-state index is 0.0197. The van der Waals surface area contributed by atoms with E-state index in [-0.39, 0.29) is 29.3 Å². The van der Waals surface area contributed by atoms with Gasteiger partial charge < -0.3 is 25.8 Å². The quantitative estimate of drug-likeness (QED) is 0.193. The zero-order valence-electron chi connectivity index (χ0n) is 27.3. The second-order valence-electron chi connectivity index (χ2n) is 13.7. The largest absolute Gasteiger partial charge is 0.505 e. The molecule has 3 aromatic rings. The molecule has 258 valence electrons. The number of benzene rings is 3. The van der Waals surface area contributed by atoms with Gasteiger partial charge in [0.15, 0.2) is 34.7 Å². The first kappa shape index (κ1) is 33.3. The molecule has 0 saturated heterocycles. The minimum atomic E-state index is -3.11. The fourth-order valence-corrected chi connectivity index (χ4v) is 8.83. The molecule has 50 heavy (non-hydrogen) atoms. The van der Waals surface area contributed by atoms with Gasteiger partial charge in [-0.1, -0.05) is 61.5 Å². The number of nitrogens with zero attached hydrogens (tertiary/aromatic N) is 1. The summed E-state index contributed by atoms with van der Waals surface area (Å²) in [5, 5.41) is 37.4. The third-order valence-electron chi connectivity index (χ3n) is 11.1. The molecule has 2 saturated carbocycles. The van der Waals surface area contributed by atoms with Gasteiger partial charge in [-0.05, 0) is 53.9 Å². The van der Waals surface area contributed by atoms with Crippen molar-refractivity contribution in [3.05, 3.63) is 82.9 Å². The first-order chi connectivity index (χ1) is 23.7. The number of nitrogens with one attached hydrogen (secondary N) is 1. The molecule has 2 unspecified atom stereocenters. The number of rotatable bonds is 5. The highest BCUT2D eigenvalue weighted by atomic mass is 16.5. The predicted molar refractivity (Wildman–Crippen MR) is 176 cm³/mol. The molecule has 0 aliphatic heterocycles. The highest BCUT2D eigenvalue weighted by molar-refractivity contribution is 6.32. The first-order valence-corrected chi connectivity index (χ1v) is 16.2. The van der Waals surface area contributed by atoms with Gasteiger partial charge in [0.2, 0.25) is 5.91 Å². The van der Waals surface area contributed by atoms with Gasteiger partial charge in [0.05, 0.1) is 35.2 Å². The summed E-state index contributed by atoms with van der Waals surface area (Å²) in [4.78, 5) is 81.8. The van der Waals surface area contributed by atoms with Crippen molar-refractivity contribution in [3.63, 3.8) is 0 Å². The zero-order valence-corrected chi connectivity index (χ0v) is 27.3. The molecule has 4 aliphatic carbocycles. The minimum Gasteiger partial charge on any atom is -0.505 e. The molecule has 13 nitrogen and oxygen atoms in total. The van der Waals surface area contributed by atoms with Crippen LogP contribution in [0.4, 0.5) is 10.5 Å². The average Bonchev–Trinajstić information content (AvgIpc) is 3.39. The summed E-state index contributed by atoms with van der Waals surface area (Å²) in [6, 6.07) is 17.0. The number of Topliss-reactive ketones (excluding diaryl/α,β-unsaturated/α-hetero) is 4. The number of aromatic hydroxyl groups is 1. The SMILES string of the molecule is C[C@@H]1c2ccc(NC(=O)OCC3c4ccccc4-c4ccccc43)c(O)c2C(=O)C2C(=O)[C@@]3(O)C(=O)C(C(N)=O)C(=O)[C@H](N(C)C)[C@H]3[C@H](O)[C@H]21. The number of phenols is 1. The summed E-state index contributed by atoms with van der Waals surface area (Å²) in [6.07, 6.45) is -2.66. The van der Waals surface area contributed by atoms with E-state index in [1.54, 1.807) is 6.92 Å². The molecule has 0 heterocycles. The lowest BCUT2D eigenvalue weighted by Gasteiger charge is -2.56. The van der Waals surface area contributed by atoms with Gasteiger partial charge >= 0.3 is 6.09 Å². The number of likely N-dealkylation sites (N-methyl/N-ethyl adjacent to an activating group) is 1. The summed E-state index contributed by atoms with van der Waals surface area (Å²) < 4.78 is 5.59. The van der Waals surface area contributed by atoms with Crippen LogP contribution in [0, 0.1) is 23.7 Å². The van der Waals surface area contributed by atoms with Gasteiger partial charge in [-0.2, -0.15) is 0 Å². The number of fused-ring (bicyclic) bond motifs is 6. The summed E-state index contributed by atoms with van der Waals surface area (Å²) in [5.41, 5.74) is 6.04. The standard InChI is InChI=1S/C37H35N3O10/c1-15-16-12-13-22(39-36(48)50-14-21-19-10-6-4-8-17(19)18-9-5-7-11-20(18)21)29(41)24(16)30(42)25-23(15)31(43)27-28(40(2)3)32(44)26(35(38)47)34(46)37(27,49)33(25)45/h4-13,15,21,23,25-28,31,41,43,49H,14H2,1-3H3,(H2,38,47)(H,39,48)/t15-,23+,25?,26?,27+,28-,31-,37-/m1/s1. The number of hydrogen-bond donors (Lipinski definition) is 5. The van der Waals surface area contributed by atoms with E-state index in [4.69, 9.17) is 10.5 Å². The Morgan fingerprint density at radius 2 is 1.52 bits per heavy atom. The number of aliphatic hydroxyl groups excluding tert-OH is 1. The molecular weight excluding hydrogens is 646 g/mol. The highest BCUT2D eigenvalue weighted by Crippen LogP contribution is 2.55. The molecular formula is C37H35N3O10. The maximum atomic E-state index is 14.2. The van der Waals surface area contributed by atoms with Crippen LogP contribution in [0.15, 0.2) is 60.7 Å². The molecule has 13 heteroatoms. The average molecular weight is 682 g/mol. The van der Waals surface area contributed by atoms with Crippen LogP contribution in [0.3, 0.4) is 0 Å². The number of carbonyl (C=O) groups is 6. The predicted octanol–water partition coefficient (Wildman–Crippen LogP) is 1.76. The Bertz CT molecular complexity index is 1980. The number of ether oxygens (including phenoxy) is 1. The lowest BCUT2D eigenvalue weighted by atomic mass is 9.49. The monoisotopic (exact) mass is 681 g/mol. The Morgan fingerprint density at radius 3 is 2.10 bits per heavy atom. The van der Waals surface area contributed by atoms with Gasteiger partial charge in [-0.15, -0.1) is 0 Å². The van der Waals surface area contributed by atoms with Gasteiger partial charge in [0.25, 0.3) is 0 Å². The number of anilines is 1. The number of amides is 2. The van der Waals surface area contributed by atoms with Crippen LogP contribution in [-0.2, 0) is 23.9 Å². The molecule has 7 rings (SSSR count). The summed E-state index contributed by atoms with van der Waals surface area (Å²) in [5.74, 6) is -14.8. The van der Waals surface area contributed by atoms with Crippen molar-refractivity contribution in [3.8, 4) is 16.9 Å². The fraction of sp³-hybridized carbons (Fsp3) is 0.351. The molecule has 0 spiro atoms. The topological polar surface area (TPSA) is 214 Å². The number of primary amides is 1. The van der Waals surface area contributed by atoms with E-state index in [9.17, 15) is 44.1 Å². The summed E-state index contributed by atoms with van der Waals surface area (Å²) in [7, 11) is 2.85. The smallest absolute Gasteiger partial charge is 0.411 e. The van der Waals surface area contributed by atoms with E-state index in [1.807, 2.05) is 48.5 Å². The van der Waals surface area contributed by atoms with Crippen molar-refractivity contribution >= 4 is 40.8 Å². The van der Waals surface area contributed by atoms with E-state index in [0.29, 0.717) is 0 Å². The number of nitrogens with two attached hydrogens (primary N) is 1. The van der Waals surface area contributed by atoms with Crippen molar-refractivity contribution in [2.75, 3.05) is 26.0 Å². The Hall–Kier alpha value is -5.24. The Balaban J connectivity index is 1.18. The van der Waals surface area contributed by atoms with Crippen LogP contribution in [0.25, 0.3) is 11.1 Å². The Labute approximate surface area is 286 Å². The van der Waals surface area contributed by atoms with Crippen LogP contribution in [0.1, 0.15) is 45.8 Å². The van der Waals surface area contributed by atoms with E-state index in [0.717, 1.165) is 22.3 Å². The molecule has 8 atom stereocenters. The zero-order chi connectivity index (χ0) is 36.0. The second-order valence-corrected chi connectivity index (χ2v) is 13.7. The molecule has 4 aliphatic rings. The number of carbonyl (C=O) groups excluding carboxylic acids is 6. The maximum absolute atomic E-state index is 14.2. The number of aliphatic hydroxyl groups is 2. The van der Waals surface area contributed by atoms with Crippen molar-refractivity contribution in [1.29, 1.82) is 0 Å². The van der Waals surface area contributed by atoms with Gasteiger partial charge in [0, 0.05) is 11.8 Å². The fourth-order valence-electron chi connectivity index (χ4n) is 8.83. The highest BCUT2D eigenvalue weighted by Gasteiger charge is 2.73. The van der Waals surface area contributed by atoms with Crippen molar-refractivity contribution in [2.24, 2.45) is 29.4 Å². The van der Waals surface area contributed by atoms with Crippen LogP contribution >= 0.6 is 0 Å². The van der Waals surface area contributed by atoms with Crippen molar-refractivity contribution in [1.82, 2.24) is 4.90 Å². The lowest BCUT2D eigenvalue weighted by Crippen LogP contribution is -2.77. The van der Waals surface area contributed by atoms with Crippen molar-refractivity contribution < 1.29 is 48.8 Å². The Kier molecular flexibility index (Phi) is 7.77. The normalized spacial score (nSPS) is 29.8. The number of phenolic OH excluding ortho intramolecular Hbond substituents is 1. The van der Waals surface area contributed by atoms with Crippen LogP contribution in [0.2, 0.25) is 0 Å². The first-order valence-electron chi connectivity index (χ1n) is 16.2. The van der Waals surface area contributed by atoms with Crippen LogP contribution in [-0.4, -0.2) is 93.8 Å². The molecule has 0 radical (unpaired) electrons. The molecule has 2 amide bonds.